The average Bonchev–Trinajstić information content (AvgIpc) is 3.13. The van der Waals surface area contributed by atoms with E-state index in [4.69, 9.17) is 4.74 Å². The highest BCUT2D eigenvalue weighted by molar-refractivity contribution is 5.95. The maximum atomic E-state index is 13.2. The summed E-state index contributed by atoms with van der Waals surface area (Å²) in [4.78, 5) is 24.8. The summed E-state index contributed by atoms with van der Waals surface area (Å²) < 4.78 is 5.18. The first-order chi connectivity index (χ1) is 13.2. The lowest BCUT2D eigenvalue weighted by molar-refractivity contribution is 0.0657. The van der Waals surface area contributed by atoms with Gasteiger partial charge in [0.15, 0.2) is 0 Å². The second kappa shape index (κ2) is 9.67. The van der Waals surface area contributed by atoms with Gasteiger partial charge in [0.25, 0.3) is 5.91 Å². The number of nitrogens with one attached hydrogen (secondary N) is 1. The Morgan fingerprint density at radius 1 is 1.30 bits per heavy atom. The van der Waals surface area contributed by atoms with E-state index in [0.717, 1.165) is 62.4 Å². The van der Waals surface area contributed by atoms with Crippen molar-refractivity contribution in [3.63, 3.8) is 0 Å². The number of H-pyrrole nitrogens is 1. The molecule has 1 amide bonds. The number of carbonyl (C=O) groups is 1. The second-order valence-electron chi connectivity index (χ2n) is 7.34. The number of nitrogens with zero attached hydrogens (tertiary/aromatic N) is 3. The normalized spacial score (nSPS) is 15.8. The van der Waals surface area contributed by atoms with Gasteiger partial charge in [-0.3, -0.25) is 9.78 Å². The van der Waals surface area contributed by atoms with Gasteiger partial charge in [0, 0.05) is 51.0 Å². The Balaban J connectivity index is 1.65. The quantitative estimate of drug-likeness (QED) is 0.776. The Hall–Kier alpha value is -2.18. The molecule has 27 heavy (non-hydrogen) atoms. The van der Waals surface area contributed by atoms with Gasteiger partial charge in [-0.05, 0) is 62.5 Å². The second-order valence-corrected chi connectivity index (χ2v) is 7.34. The minimum absolute atomic E-state index is 0.104. The van der Waals surface area contributed by atoms with Crippen LogP contribution in [0.4, 0.5) is 0 Å². The molecule has 0 unspecified atom stereocenters. The summed E-state index contributed by atoms with van der Waals surface area (Å²) in [6.07, 6.45) is 7.65. The van der Waals surface area contributed by atoms with Crippen LogP contribution in [0.3, 0.4) is 0 Å². The van der Waals surface area contributed by atoms with E-state index < -0.39 is 0 Å². The van der Waals surface area contributed by atoms with Gasteiger partial charge in [-0.1, -0.05) is 0 Å². The number of likely N-dealkylation sites (tertiary alicyclic amines) is 1. The number of aromatic amines is 1. The molecule has 1 fully saturated rings. The molecule has 0 spiro atoms. The molecule has 0 atom stereocenters. The Kier molecular flexibility index (Phi) is 7.01. The van der Waals surface area contributed by atoms with Crippen molar-refractivity contribution in [1.82, 2.24) is 19.8 Å². The van der Waals surface area contributed by atoms with Crippen molar-refractivity contribution in [2.45, 2.75) is 26.3 Å². The highest BCUT2D eigenvalue weighted by atomic mass is 16.5. The van der Waals surface area contributed by atoms with E-state index >= 15 is 0 Å². The predicted octanol–water partition coefficient (Wildman–Crippen LogP) is 2.72. The van der Waals surface area contributed by atoms with E-state index in [-0.39, 0.29) is 5.91 Å². The summed E-state index contributed by atoms with van der Waals surface area (Å²) in [5.41, 5.74) is 2.81. The molecule has 1 aliphatic rings. The zero-order valence-electron chi connectivity index (χ0n) is 16.4. The monoisotopic (exact) mass is 370 g/mol. The third-order valence-electron chi connectivity index (χ3n) is 5.39. The first-order valence-electron chi connectivity index (χ1n) is 9.71. The maximum Gasteiger partial charge on any atom is 0.255 e. The van der Waals surface area contributed by atoms with Crippen molar-refractivity contribution in [2.75, 3.05) is 39.9 Å². The third kappa shape index (κ3) is 5.40. The number of methoxy groups -OCH3 is 1. The topological polar surface area (TPSA) is 61.5 Å². The van der Waals surface area contributed by atoms with Gasteiger partial charge in [-0.2, -0.15) is 0 Å². The molecule has 0 saturated carbocycles. The molecule has 0 radical (unpaired) electrons. The van der Waals surface area contributed by atoms with Crippen molar-refractivity contribution in [1.29, 1.82) is 0 Å². The molecule has 0 aliphatic carbocycles. The van der Waals surface area contributed by atoms with Crippen LogP contribution in [0, 0.1) is 12.8 Å². The fourth-order valence-electron chi connectivity index (χ4n) is 3.71. The minimum Gasteiger partial charge on any atom is -0.383 e. The summed E-state index contributed by atoms with van der Waals surface area (Å²) in [6.45, 7) is 7.30. The van der Waals surface area contributed by atoms with Gasteiger partial charge in [0.2, 0.25) is 0 Å². The van der Waals surface area contributed by atoms with E-state index in [1.807, 2.05) is 36.2 Å². The number of piperidine rings is 1. The highest BCUT2D eigenvalue weighted by Crippen LogP contribution is 2.21. The van der Waals surface area contributed by atoms with Crippen LogP contribution in [0.2, 0.25) is 0 Å². The van der Waals surface area contributed by atoms with E-state index in [1.54, 1.807) is 19.5 Å². The van der Waals surface area contributed by atoms with E-state index in [1.165, 1.54) is 0 Å². The Labute approximate surface area is 161 Å². The third-order valence-corrected chi connectivity index (χ3v) is 5.39. The molecule has 3 rings (SSSR count). The van der Waals surface area contributed by atoms with Gasteiger partial charge in [0.05, 0.1) is 12.2 Å². The number of amides is 1. The number of rotatable bonds is 8. The summed E-state index contributed by atoms with van der Waals surface area (Å²) >= 11 is 0. The fraction of sp³-hybridized carbons (Fsp3) is 0.524. The summed E-state index contributed by atoms with van der Waals surface area (Å²) in [6, 6.07) is 5.85. The first kappa shape index (κ1) is 19.6. The van der Waals surface area contributed by atoms with Crippen molar-refractivity contribution >= 4 is 5.91 Å². The number of hydrogen-bond acceptors (Lipinski definition) is 4. The van der Waals surface area contributed by atoms with Crippen LogP contribution in [-0.2, 0) is 11.3 Å². The smallest absolute Gasteiger partial charge is 0.255 e. The van der Waals surface area contributed by atoms with Gasteiger partial charge in [0.1, 0.15) is 0 Å². The zero-order chi connectivity index (χ0) is 19.1. The fourth-order valence-corrected chi connectivity index (χ4v) is 3.71. The van der Waals surface area contributed by atoms with E-state index in [0.29, 0.717) is 12.5 Å². The number of aryl methyl sites for hydroxylation is 1. The van der Waals surface area contributed by atoms with Crippen LogP contribution in [0.25, 0.3) is 0 Å². The number of hydrogen-bond donors (Lipinski definition) is 1. The molecule has 6 heteroatoms. The lowest BCUT2D eigenvalue weighted by Gasteiger charge is -2.35. The number of pyridine rings is 1. The largest absolute Gasteiger partial charge is 0.383 e. The van der Waals surface area contributed by atoms with Crippen LogP contribution in [0.5, 0.6) is 0 Å². The van der Waals surface area contributed by atoms with Crippen LogP contribution < -0.4 is 0 Å². The molecule has 2 aromatic rings. The molecule has 1 saturated heterocycles. The Bertz CT molecular complexity index is 708. The molecule has 2 aromatic heterocycles. The maximum absolute atomic E-state index is 13.2. The number of ether oxygens (including phenoxy) is 1. The van der Waals surface area contributed by atoms with E-state index in [2.05, 4.69) is 14.9 Å². The van der Waals surface area contributed by atoms with Gasteiger partial charge in [-0.25, -0.2) is 0 Å². The Morgan fingerprint density at radius 3 is 2.67 bits per heavy atom. The number of carbonyl (C=O) groups excluding carboxylic acids is 1. The van der Waals surface area contributed by atoms with Crippen molar-refractivity contribution < 1.29 is 9.53 Å². The van der Waals surface area contributed by atoms with Gasteiger partial charge >= 0.3 is 0 Å². The van der Waals surface area contributed by atoms with Crippen LogP contribution in [0.15, 0.2) is 36.8 Å². The zero-order valence-corrected chi connectivity index (χ0v) is 16.4. The predicted molar refractivity (Wildman–Crippen MR) is 106 cm³/mol. The molecule has 0 bridgehead atoms. The Morgan fingerprint density at radius 2 is 2.04 bits per heavy atom. The van der Waals surface area contributed by atoms with Crippen molar-refractivity contribution in [3.8, 4) is 0 Å². The molecule has 6 nitrogen and oxygen atoms in total. The van der Waals surface area contributed by atoms with Crippen molar-refractivity contribution in [3.05, 3.63) is 53.6 Å². The van der Waals surface area contributed by atoms with Crippen LogP contribution in [-0.4, -0.2) is 65.6 Å². The average molecular weight is 370 g/mol. The number of aromatic nitrogens is 2. The molecular formula is C21H30N4O2. The molecular weight excluding hydrogens is 340 g/mol. The first-order valence-corrected chi connectivity index (χ1v) is 9.71. The SMILES string of the molecule is COCCN1CCC(CN(Cc2ccncc2)C(=O)c2cc[nH]c2C)CC1. The standard InChI is InChI=1S/C21H30N4O2/c1-17-20(5-10-23-17)21(26)25(15-18-3-8-22-9-4-18)16-19-6-11-24(12-7-19)13-14-27-2/h3-5,8-10,19,23H,6-7,11-16H2,1-2H3. The van der Waals surface area contributed by atoms with Gasteiger partial charge < -0.3 is 19.5 Å². The minimum atomic E-state index is 0.104. The van der Waals surface area contributed by atoms with Crippen molar-refractivity contribution in [2.24, 2.45) is 5.92 Å². The molecule has 1 aliphatic heterocycles. The molecule has 146 valence electrons. The lowest BCUT2D eigenvalue weighted by atomic mass is 9.95. The van der Waals surface area contributed by atoms with Crippen LogP contribution >= 0.6 is 0 Å². The molecule has 3 heterocycles. The lowest BCUT2D eigenvalue weighted by Crippen LogP contribution is -2.41. The molecule has 0 aromatic carbocycles. The summed E-state index contributed by atoms with van der Waals surface area (Å²) in [5, 5.41) is 0. The summed E-state index contributed by atoms with van der Waals surface area (Å²) in [7, 11) is 1.75. The van der Waals surface area contributed by atoms with Gasteiger partial charge in [-0.15, -0.1) is 0 Å². The highest BCUT2D eigenvalue weighted by Gasteiger charge is 2.25. The summed E-state index contributed by atoms with van der Waals surface area (Å²) in [5.74, 6) is 0.640. The van der Waals surface area contributed by atoms with Crippen LogP contribution in [0.1, 0.15) is 34.5 Å². The molecule has 1 N–H and O–H groups in total. The van der Waals surface area contributed by atoms with E-state index in [9.17, 15) is 4.79 Å².